The normalized spacial score (nSPS) is 19.2. The monoisotopic (exact) mass is 337 g/mol. The molecule has 0 amide bonds. The molecule has 2 unspecified atom stereocenters. The van der Waals surface area contributed by atoms with Gasteiger partial charge in [0.1, 0.15) is 6.04 Å². The summed E-state index contributed by atoms with van der Waals surface area (Å²) in [5.74, 6) is -0.207. The number of hydrogen-bond donors (Lipinski definition) is 0. The van der Waals surface area contributed by atoms with Gasteiger partial charge in [0.2, 0.25) is 6.29 Å². The predicted molar refractivity (Wildman–Crippen MR) is 98.5 cm³/mol. The third-order valence-electron chi connectivity index (χ3n) is 4.97. The van der Waals surface area contributed by atoms with E-state index in [9.17, 15) is 4.79 Å². The first-order valence-corrected chi connectivity index (χ1v) is 9.09. The van der Waals surface area contributed by atoms with Gasteiger partial charge in [0.05, 0.1) is 6.61 Å². The summed E-state index contributed by atoms with van der Waals surface area (Å²) >= 11 is 0. The van der Waals surface area contributed by atoms with Gasteiger partial charge in [-0.05, 0) is 31.4 Å². The Hall–Kier alpha value is -2.33. The van der Waals surface area contributed by atoms with Gasteiger partial charge in [0, 0.05) is 28.2 Å². The third kappa shape index (κ3) is 2.91. The molecule has 0 spiro atoms. The lowest BCUT2D eigenvalue weighted by Gasteiger charge is -2.25. The molecule has 1 fully saturated rings. The zero-order valence-corrected chi connectivity index (χ0v) is 14.5. The first kappa shape index (κ1) is 16.2. The predicted octanol–water partition coefficient (Wildman–Crippen LogP) is 4.82. The minimum atomic E-state index is -0.400. The van der Waals surface area contributed by atoms with Crippen LogP contribution in [0.1, 0.15) is 38.6 Å². The van der Waals surface area contributed by atoms with Crippen LogP contribution in [0, 0.1) is 0 Å². The molecule has 0 N–H and O–H groups in total. The largest absolute Gasteiger partial charge is 0.434 e. The van der Waals surface area contributed by atoms with Crippen molar-refractivity contribution in [2.45, 2.75) is 44.9 Å². The molecule has 4 heteroatoms. The molecule has 2 atom stereocenters. The van der Waals surface area contributed by atoms with Crippen molar-refractivity contribution in [3.05, 3.63) is 48.5 Å². The van der Waals surface area contributed by atoms with E-state index in [4.69, 9.17) is 9.47 Å². The van der Waals surface area contributed by atoms with Crippen LogP contribution >= 0.6 is 0 Å². The Balaban J connectivity index is 1.76. The molecule has 2 aromatic carbocycles. The number of carbonyl (C=O) groups excluding carboxylic acids is 1. The molecule has 1 aliphatic rings. The molecule has 130 valence electrons. The van der Waals surface area contributed by atoms with Crippen LogP contribution in [0.3, 0.4) is 0 Å². The maximum Gasteiger partial charge on any atom is 0.331 e. The van der Waals surface area contributed by atoms with E-state index in [0.29, 0.717) is 13.0 Å². The van der Waals surface area contributed by atoms with Crippen molar-refractivity contribution in [3.63, 3.8) is 0 Å². The fraction of sp³-hybridized carbons (Fsp3) is 0.381. The van der Waals surface area contributed by atoms with Crippen LogP contribution in [-0.4, -0.2) is 23.4 Å². The Morgan fingerprint density at radius 2 is 1.76 bits per heavy atom. The average molecular weight is 337 g/mol. The standard InChI is InChI=1S/C21H23NO3/c1-2-17(21(23)25-20-13-7-8-14-24-20)22-18-11-5-3-9-15(18)16-10-4-6-12-19(16)22/h3-6,9-12,17,20H,2,7-8,13-14H2,1H3. The van der Waals surface area contributed by atoms with Gasteiger partial charge in [-0.1, -0.05) is 43.3 Å². The quantitative estimate of drug-likeness (QED) is 0.641. The summed E-state index contributed by atoms with van der Waals surface area (Å²) in [5, 5.41) is 2.33. The van der Waals surface area contributed by atoms with Crippen LogP contribution in [0.2, 0.25) is 0 Å². The maximum absolute atomic E-state index is 12.9. The van der Waals surface area contributed by atoms with E-state index in [1.165, 1.54) is 10.8 Å². The number of esters is 1. The summed E-state index contributed by atoms with van der Waals surface area (Å²) in [6.45, 7) is 2.70. The molecule has 1 aliphatic heterocycles. The number of benzene rings is 2. The van der Waals surface area contributed by atoms with Gasteiger partial charge in [-0.2, -0.15) is 0 Å². The molecule has 1 saturated heterocycles. The number of hydrogen-bond acceptors (Lipinski definition) is 3. The van der Waals surface area contributed by atoms with Crippen LogP contribution in [0.25, 0.3) is 21.8 Å². The number of aromatic nitrogens is 1. The summed E-state index contributed by atoms with van der Waals surface area (Å²) in [4.78, 5) is 12.9. The zero-order chi connectivity index (χ0) is 17.2. The molecule has 3 aromatic rings. The van der Waals surface area contributed by atoms with E-state index >= 15 is 0 Å². The van der Waals surface area contributed by atoms with E-state index in [-0.39, 0.29) is 12.0 Å². The Morgan fingerprint density at radius 1 is 1.12 bits per heavy atom. The molecule has 0 bridgehead atoms. The maximum atomic E-state index is 12.9. The van der Waals surface area contributed by atoms with Gasteiger partial charge >= 0.3 is 5.97 Å². The van der Waals surface area contributed by atoms with E-state index in [1.807, 2.05) is 31.2 Å². The first-order valence-electron chi connectivity index (χ1n) is 9.09. The van der Waals surface area contributed by atoms with Gasteiger partial charge in [-0.25, -0.2) is 4.79 Å². The summed E-state index contributed by atoms with van der Waals surface area (Å²) in [6, 6.07) is 16.1. The lowest BCUT2D eigenvalue weighted by atomic mass is 10.2. The second-order valence-electron chi connectivity index (χ2n) is 6.56. The molecular weight excluding hydrogens is 314 g/mol. The number of ether oxygens (including phenoxy) is 2. The highest BCUT2D eigenvalue weighted by atomic mass is 16.7. The van der Waals surface area contributed by atoms with Crippen molar-refractivity contribution in [1.82, 2.24) is 4.57 Å². The van der Waals surface area contributed by atoms with Crippen molar-refractivity contribution >= 4 is 27.8 Å². The van der Waals surface area contributed by atoms with Gasteiger partial charge in [0.25, 0.3) is 0 Å². The Labute approximate surface area is 147 Å². The summed E-state index contributed by atoms with van der Waals surface area (Å²) in [6.07, 6.45) is 3.15. The molecule has 25 heavy (non-hydrogen) atoms. The van der Waals surface area contributed by atoms with Gasteiger partial charge in [0.15, 0.2) is 0 Å². The molecular formula is C21H23NO3. The van der Waals surface area contributed by atoms with Crippen molar-refractivity contribution < 1.29 is 14.3 Å². The van der Waals surface area contributed by atoms with Crippen molar-refractivity contribution in [2.75, 3.05) is 6.61 Å². The van der Waals surface area contributed by atoms with Gasteiger partial charge < -0.3 is 14.0 Å². The van der Waals surface area contributed by atoms with Crippen LogP contribution in [0.4, 0.5) is 0 Å². The van der Waals surface area contributed by atoms with Crippen LogP contribution in [-0.2, 0) is 14.3 Å². The van der Waals surface area contributed by atoms with Crippen molar-refractivity contribution in [2.24, 2.45) is 0 Å². The molecule has 4 nitrogen and oxygen atoms in total. The van der Waals surface area contributed by atoms with E-state index in [1.54, 1.807) is 0 Å². The smallest absolute Gasteiger partial charge is 0.331 e. The zero-order valence-electron chi connectivity index (χ0n) is 14.5. The third-order valence-corrected chi connectivity index (χ3v) is 4.97. The second kappa shape index (κ2) is 6.89. The fourth-order valence-corrected chi connectivity index (χ4v) is 3.76. The van der Waals surface area contributed by atoms with E-state index in [0.717, 1.165) is 30.3 Å². The minimum absolute atomic E-state index is 0.207. The van der Waals surface area contributed by atoms with E-state index in [2.05, 4.69) is 28.8 Å². The van der Waals surface area contributed by atoms with Gasteiger partial charge in [-0.15, -0.1) is 0 Å². The number of para-hydroxylation sites is 2. The molecule has 2 heterocycles. The molecule has 0 aliphatic carbocycles. The first-order chi connectivity index (χ1) is 12.3. The molecule has 4 rings (SSSR count). The molecule has 0 saturated carbocycles. The van der Waals surface area contributed by atoms with Crippen LogP contribution < -0.4 is 0 Å². The van der Waals surface area contributed by atoms with E-state index < -0.39 is 6.29 Å². The second-order valence-corrected chi connectivity index (χ2v) is 6.56. The van der Waals surface area contributed by atoms with Crippen LogP contribution in [0.5, 0.6) is 0 Å². The average Bonchev–Trinajstić information content (AvgIpc) is 2.98. The van der Waals surface area contributed by atoms with Crippen molar-refractivity contribution in [3.8, 4) is 0 Å². The fourth-order valence-electron chi connectivity index (χ4n) is 3.76. The molecule has 1 aromatic heterocycles. The van der Waals surface area contributed by atoms with Crippen LogP contribution in [0.15, 0.2) is 48.5 Å². The Bertz CT molecular complexity index is 839. The highest BCUT2D eigenvalue weighted by Gasteiger charge is 2.27. The molecule has 0 radical (unpaired) electrons. The lowest BCUT2D eigenvalue weighted by molar-refractivity contribution is -0.190. The highest BCUT2D eigenvalue weighted by Crippen LogP contribution is 2.33. The number of nitrogens with zero attached hydrogens (tertiary/aromatic N) is 1. The lowest BCUT2D eigenvalue weighted by Crippen LogP contribution is -2.30. The Morgan fingerprint density at radius 3 is 2.32 bits per heavy atom. The topological polar surface area (TPSA) is 40.5 Å². The Kier molecular flexibility index (Phi) is 4.45. The van der Waals surface area contributed by atoms with Gasteiger partial charge in [-0.3, -0.25) is 0 Å². The number of carbonyl (C=O) groups is 1. The number of fused-ring (bicyclic) bond motifs is 3. The minimum Gasteiger partial charge on any atom is -0.434 e. The summed E-state index contributed by atoms with van der Waals surface area (Å²) < 4.78 is 13.4. The van der Waals surface area contributed by atoms with Crippen molar-refractivity contribution in [1.29, 1.82) is 0 Å². The summed E-state index contributed by atoms with van der Waals surface area (Å²) in [5.41, 5.74) is 2.13. The SMILES string of the molecule is CCC(C(=O)OC1CCCCO1)n1c2ccccc2c2ccccc21. The number of rotatable bonds is 4. The highest BCUT2D eigenvalue weighted by molar-refractivity contribution is 6.08. The summed E-state index contributed by atoms with van der Waals surface area (Å²) in [7, 11) is 0.